The molecule has 0 bridgehead atoms. The van der Waals surface area contributed by atoms with E-state index in [9.17, 15) is 0 Å². The van der Waals surface area contributed by atoms with Crippen LogP contribution in [0, 0.1) is 11.8 Å². The first-order valence-electron chi connectivity index (χ1n) is 7.41. The molecule has 2 unspecified atom stereocenters. The van der Waals surface area contributed by atoms with Crippen LogP contribution in [0.25, 0.3) is 0 Å². The number of hydrogen-bond donors (Lipinski definition) is 2. The summed E-state index contributed by atoms with van der Waals surface area (Å²) in [6, 6.07) is 0. The molecule has 0 aromatic carbocycles. The second-order valence-electron chi connectivity index (χ2n) is 5.27. The fourth-order valence-corrected chi connectivity index (χ4v) is 1.52. The van der Waals surface area contributed by atoms with E-state index in [1.54, 1.807) is 0 Å². The summed E-state index contributed by atoms with van der Waals surface area (Å²) < 4.78 is 11.2. The van der Waals surface area contributed by atoms with E-state index in [0.29, 0.717) is 24.9 Å². The molecule has 0 aromatic rings. The van der Waals surface area contributed by atoms with Gasteiger partial charge in [-0.1, -0.05) is 20.8 Å². The zero-order valence-corrected chi connectivity index (χ0v) is 12.9. The molecule has 0 spiro atoms. The van der Waals surface area contributed by atoms with E-state index in [-0.39, 0.29) is 0 Å². The Balaban J connectivity index is 3.49. The van der Waals surface area contributed by atoms with Crippen LogP contribution in [0.5, 0.6) is 0 Å². The zero-order chi connectivity index (χ0) is 14.5. The lowest BCUT2D eigenvalue weighted by Crippen LogP contribution is -2.32. The molecular weight excluding hydrogens is 242 g/mol. The van der Waals surface area contributed by atoms with E-state index < -0.39 is 0 Å². The third-order valence-electron chi connectivity index (χ3n) is 3.16. The van der Waals surface area contributed by atoms with E-state index in [0.717, 1.165) is 46.1 Å². The second-order valence-corrected chi connectivity index (χ2v) is 5.27. The summed E-state index contributed by atoms with van der Waals surface area (Å²) in [6.07, 6.45) is 0. The number of nitrogens with two attached hydrogens (primary N) is 2. The molecule has 5 nitrogen and oxygen atoms in total. The summed E-state index contributed by atoms with van der Waals surface area (Å²) in [4.78, 5) is 2.33. The van der Waals surface area contributed by atoms with Crippen molar-refractivity contribution in [2.24, 2.45) is 23.3 Å². The molecule has 2 atom stereocenters. The monoisotopic (exact) mass is 275 g/mol. The van der Waals surface area contributed by atoms with Crippen LogP contribution in [-0.4, -0.2) is 64.1 Å². The number of ether oxygens (including phenoxy) is 2. The third-order valence-corrected chi connectivity index (χ3v) is 3.16. The molecule has 0 amide bonds. The van der Waals surface area contributed by atoms with Gasteiger partial charge in [-0.05, 0) is 31.5 Å². The Morgan fingerprint density at radius 2 is 1.32 bits per heavy atom. The van der Waals surface area contributed by atoms with Crippen LogP contribution in [0.1, 0.15) is 20.8 Å². The first-order chi connectivity index (χ1) is 9.13. The minimum Gasteiger partial charge on any atom is -0.380 e. The Morgan fingerprint density at radius 1 is 0.895 bits per heavy atom. The minimum atomic E-state index is 0.441. The Bertz CT molecular complexity index is 176. The summed E-state index contributed by atoms with van der Waals surface area (Å²) in [5, 5.41) is 0. The predicted octanol–water partition coefficient (Wildman–Crippen LogP) is 0.531. The summed E-state index contributed by atoms with van der Waals surface area (Å²) in [7, 11) is 0. The topological polar surface area (TPSA) is 73.7 Å². The molecule has 0 radical (unpaired) electrons. The van der Waals surface area contributed by atoms with Crippen LogP contribution in [0.4, 0.5) is 0 Å². The molecule has 0 aliphatic heterocycles. The largest absolute Gasteiger partial charge is 0.380 e. The highest BCUT2D eigenvalue weighted by molar-refractivity contribution is 4.56. The molecule has 0 aliphatic rings. The van der Waals surface area contributed by atoms with E-state index in [1.807, 2.05) is 0 Å². The predicted molar refractivity (Wildman–Crippen MR) is 80.2 cm³/mol. The molecule has 0 rings (SSSR count). The van der Waals surface area contributed by atoms with Crippen molar-refractivity contribution in [3.8, 4) is 0 Å². The fourth-order valence-electron chi connectivity index (χ4n) is 1.52. The second kappa shape index (κ2) is 12.8. The summed E-state index contributed by atoms with van der Waals surface area (Å²) in [5.41, 5.74) is 11.1. The smallest absolute Gasteiger partial charge is 0.0593 e. The van der Waals surface area contributed by atoms with Gasteiger partial charge in [-0.15, -0.1) is 0 Å². The molecule has 0 fully saturated rings. The van der Waals surface area contributed by atoms with Crippen LogP contribution in [0.15, 0.2) is 0 Å². The number of likely N-dealkylation sites (N-methyl/N-ethyl adjacent to an activating group) is 1. The Labute approximate surface area is 118 Å². The van der Waals surface area contributed by atoms with Crippen molar-refractivity contribution in [3.05, 3.63) is 0 Å². The Hall–Kier alpha value is -0.200. The van der Waals surface area contributed by atoms with Crippen molar-refractivity contribution >= 4 is 0 Å². The van der Waals surface area contributed by atoms with Crippen molar-refractivity contribution in [1.29, 1.82) is 0 Å². The average Bonchev–Trinajstić information content (AvgIpc) is 2.44. The van der Waals surface area contributed by atoms with Gasteiger partial charge in [-0.3, -0.25) is 4.90 Å². The molecule has 0 aromatic heterocycles. The Morgan fingerprint density at radius 3 is 1.63 bits per heavy atom. The summed E-state index contributed by atoms with van der Waals surface area (Å²) >= 11 is 0. The van der Waals surface area contributed by atoms with Gasteiger partial charge in [0.25, 0.3) is 0 Å². The van der Waals surface area contributed by atoms with Gasteiger partial charge in [0.2, 0.25) is 0 Å². The van der Waals surface area contributed by atoms with E-state index in [1.165, 1.54) is 0 Å². The molecule has 0 heterocycles. The first-order valence-corrected chi connectivity index (χ1v) is 7.41. The first kappa shape index (κ1) is 18.8. The minimum absolute atomic E-state index is 0.441. The molecule has 0 aliphatic carbocycles. The average molecular weight is 275 g/mol. The van der Waals surface area contributed by atoms with E-state index >= 15 is 0 Å². The SMILES string of the molecule is CCN(CCOCC(C)CN)CCOCC(C)CN. The molecule has 116 valence electrons. The molecule has 0 saturated carbocycles. The maximum Gasteiger partial charge on any atom is 0.0593 e. The third kappa shape index (κ3) is 11.3. The molecule has 0 saturated heterocycles. The van der Waals surface area contributed by atoms with Gasteiger partial charge in [0.05, 0.1) is 26.4 Å². The van der Waals surface area contributed by atoms with Gasteiger partial charge in [0, 0.05) is 13.1 Å². The highest BCUT2D eigenvalue weighted by Gasteiger charge is 2.04. The van der Waals surface area contributed by atoms with Crippen molar-refractivity contribution in [1.82, 2.24) is 4.90 Å². The Kier molecular flexibility index (Phi) is 12.7. The van der Waals surface area contributed by atoms with Gasteiger partial charge in [0.15, 0.2) is 0 Å². The standard InChI is InChI=1S/C14H33N3O2/c1-4-17(5-7-18-11-13(2)9-15)6-8-19-12-14(3)10-16/h13-14H,4-12,15-16H2,1-3H3. The molecule has 4 N–H and O–H groups in total. The fraction of sp³-hybridized carbons (Fsp3) is 1.00. The van der Waals surface area contributed by atoms with Gasteiger partial charge in [-0.2, -0.15) is 0 Å². The van der Waals surface area contributed by atoms with Crippen LogP contribution in [0.2, 0.25) is 0 Å². The van der Waals surface area contributed by atoms with Gasteiger partial charge < -0.3 is 20.9 Å². The van der Waals surface area contributed by atoms with Crippen LogP contribution < -0.4 is 11.5 Å². The van der Waals surface area contributed by atoms with Crippen LogP contribution in [0.3, 0.4) is 0 Å². The van der Waals surface area contributed by atoms with Gasteiger partial charge in [0.1, 0.15) is 0 Å². The quantitative estimate of drug-likeness (QED) is 0.480. The summed E-state index contributed by atoms with van der Waals surface area (Å²) in [6.45, 7) is 13.7. The van der Waals surface area contributed by atoms with E-state index in [2.05, 4.69) is 25.7 Å². The number of hydrogen-bond acceptors (Lipinski definition) is 5. The molecular formula is C14H33N3O2. The maximum atomic E-state index is 5.60. The number of rotatable bonds is 13. The number of nitrogens with zero attached hydrogens (tertiary/aromatic N) is 1. The summed E-state index contributed by atoms with van der Waals surface area (Å²) in [5.74, 6) is 0.882. The van der Waals surface area contributed by atoms with Gasteiger partial charge >= 0.3 is 0 Å². The lowest BCUT2D eigenvalue weighted by Gasteiger charge is -2.21. The van der Waals surface area contributed by atoms with Crippen LogP contribution >= 0.6 is 0 Å². The normalized spacial score (nSPS) is 14.8. The van der Waals surface area contributed by atoms with Crippen molar-refractivity contribution in [3.63, 3.8) is 0 Å². The van der Waals surface area contributed by atoms with Crippen molar-refractivity contribution in [2.75, 3.05) is 59.2 Å². The highest BCUT2D eigenvalue weighted by Crippen LogP contribution is 1.96. The maximum absolute atomic E-state index is 5.60. The highest BCUT2D eigenvalue weighted by atomic mass is 16.5. The van der Waals surface area contributed by atoms with Crippen LogP contribution in [-0.2, 0) is 9.47 Å². The lowest BCUT2D eigenvalue weighted by atomic mass is 10.2. The zero-order valence-electron chi connectivity index (χ0n) is 12.9. The molecule has 19 heavy (non-hydrogen) atoms. The molecule has 5 heteroatoms. The lowest BCUT2D eigenvalue weighted by molar-refractivity contribution is 0.0590. The van der Waals surface area contributed by atoms with Crippen molar-refractivity contribution in [2.45, 2.75) is 20.8 Å². The van der Waals surface area contributed by atoms with Gasteiger partial charge in [-0.25, -0.2) is 0 Å². The van der Waals surface area contributed by atoms with Crippen molar-refractivity contribution < 1.29 is 9.47 Å². The van der Waals surface area contributed by atoms with E-state index in [4.69, 9.17) is 20.9 Å².